The van der Waals surface area contributed by atoms with Crippen molar-refractivity contribution in [3.8, 4) is 0 Å². The van der Waals surface area contributed by atoms with E-state index in [9.17, 15) is 0 Å². The van der Waals surface area contributed by atoms with Crippen molar-refractivity contribution < 1.29 is 4.52 Å². The predicted octanol–water partition coefficient (Wildman–Crippen LogP) is 2.95. The summed E-state index contributed by atoms with van der Waals surface area (Å²) >= 11 is 3.90. The van der Waals surface area contributed by atoms with Gasteiger partial charge in [0.2, 0.25) is 5.89 Å². The van der Waals surface area contributed by atoms with Crippen LogP contribution in [0.4, 0.5) is 0 Å². The molecule has 19 heavy (non-hydrogen) atoms. The van der Waals surface area contributed by atoms with Gasteiger partial charge in [-0.05, 0) is 31.6 Å². The first-order chi connectivity index (χ1) is 9.17. The Labute approximate surface area is 122 Å². The summed E-state index contributed by atoms with van der Waals surface area (Å²) < 4.78 is 5.49. The van der Waals surface area contributed by atoms with Gasteiger partial charge in [-0.3, -0.25) is 0 Å². The molecule has 1 unspecified atom stereocenters. The van der Waals surface area contributed by atoms with Crippen molar-refractivity contribution in [3.63, 3.8) is 0 Å². The van der Waals surface area contributed by atoms with Crippen molar-refractivity contribution in [1.82, 2.24) is 10.1 Å². The molecule has 2 heterocycles. The molecule has 1 aromatic heterocycles. The van der Waals surface area contributed by atoms with E-state index in [1.54, 1.807) is 0 Å². The normalized spacial score (nSPS) is 36.3. The molecule has 0 spiro atoms. The second-order valence-corrected chi connectivity index (χ2v) is 8.19. The van der Waals surface area contributed by atoms with Crippen LogP contribution in [-0.2, 0) is 5.54 Å². The van der Waals surface area contributed by atoms with Crippen molar-refractivity contribution in [3.05, 3.63) is 11.7 Å². The van der Waals surface area contributed by atoms with Crippen LogP contribution in [-0.4, -0.2) is 27.4 Å². The molecule has 1 saturated heterocycles. The van der Waals surface area contributed by atoms with Gasteiger partial charge in [0.15, 0.2) is 5.82 Å². The molecule has 1 saturated carbocycles. The molecule has 1 atom stereocenters. The lowest BCUT2D eigenvalue weighted by molar-refractivity contribution is 0.190. The molecule has 3 rings (SSSR count). The fraction of sp³-hybridized carbons (Fsp3) is 0.846. The van der Waals surface area contributed by atoms with Gasteiger partial charge in [0, 0.05) is 17.3 Å². The van der Waals surface area contributed by atoms with Crippen LogP contribution in [0.25, 0.3) is 0 Å². The molecule has 2 N–H and O–H groups in total. The summed E-state index contributed by atoms with van der Waals surface area (Å²) in [5.74, 6) is 5.75. The van der Waals surface area contributed by atoms with Crippen molar-refractivity contribution in [2.75, 3.05) is 17.3 Å². The quantitative estimate of drug-likeness (QED) is 0.905. The van der Waals surface area contributed by atoms with Gasteiger partial charge in [-0.25, -0.2) is 0 Å². The Morgan fingerprint density at radius 3 is 2.79 bits per heavy atom. The molecular weight excluding hydrogens is 278 g/mol. The number of rotatable bonds is 2. The molecule has 1 aliphatic heterocycles. The minimum atomic E-state index is -0.385. The molecular formula is C13H21N3OS2. The standard InChI is InChI=1S/C13H21N3OS2/c1-9-2-4-13(14,5-3-9)12-15-11(16-17-12)10-8-18-6-7-19-10/h9-10H,2-8,14H2,1H3. The van der Waals surface area contributed by atoms with E-state index >= 15 is 0 Å². The van der Waals surface area contributed by atoms with Gasteiger partial charge in [-0.15, -0.1) is 11.8 Å². The van der Waals surface area contributed by atoms with Gasteiger partial charge >= 0.3 is 0 Å². The summed E-state index contributed by atoms with van der Waals surface area (Å²) in [5.41, 5.74) is 6.09. The number of nitrogens with two attached hydrogens (primary N) is 1. The first-order valence-electron chi connectivity index (χ1n) is 7.00. The van der Waals surface area contributed by atoms with Gasteiger partial charge in [0.25, 0.3) is 0 Å². The van der Waals surface area contributed by atoms with Crippen LogP contribution in [0.3, 0.4) is 0 Å². The highest BCUT2D eigenvalue weighted by atomic mass is 32.2. The lowest BCUT2D eigenvalue weighted by Crippen LogP contribution is -2.40. The molecule has 2 fully saturated rings. The highest BCUT2D eigenvalue weighted by Crippen LogP contribution is 2.39. The maximum Gasteiger partial charge on any atom is 0.246 e. The first-order valence-corrected chi connectivity index (χ1v) is 9.20. The van der Waals surface area contributed by atoms with Crippen LogP contribution in [0.2, 0.25) is 0 Å². The zero-order chi connectivity index (χ0) is 13.3. The zero-order valence-electron chi connectivity index (χ0n) is 11.3. The van der Waals surface area contributed by atoms with Crippen LogP contribution < -0.4 is 5.73 Å². The molecule has 0 bridgehead atoms. The summed E-state index contributed by atoms with van der Waals surface area (Å²) in [4.78, 5) is 4.62. The summed E-state index contributed by atoms with van der Waals surface area (Å²) in [7, 11) is 0. The smallest absolute Gasteiger partial charge is 0.246 e. The number of thioether (sulfide) groups is 2. The highest BCUT2D eigenvalue weighted by Gasteiger charge is 2.37. The Morgan fingerprint density at radius 2 is 2.11 bits per heavy atom. The average Bonchev–Trinajstić information content (AvgIpc) is 2.94. The fourth-order valence-corrected chi connectivity index (χ4v) is 5.28. The van der Waals surface area contributed by atoms with Crippen LogP contribution in [0.5, 0.6) is 0 Å². The monoisotopic (exact) mass is 299 g/mol. The number of hydrogen-bond acceptors (Lipinski definition) is 6. The SMILES string of the molecule is CC1CCC(N)(c2nc(C3CSCCS3)no2)CC1. The molecule has 2 aliphatic rings. The van der Waals surface area contributed by atoms with Crippen LogP contribution >= 0.6 is 23.5 Å². The van der Waals surface area contributed by atoms with Gasteiger partial charge in [-0.2, -0.15) is 16.7 Å². The topological polar surface area (TPSA) is 64.9 Å². The molecule has 0 amide bonds. The third-order valence-electron chi connectivity index (χ3n) is 4.14. The van der Waals surface area contributed by atoms with Crippen LogP contribution in [0, 0.1) is 5.92 Å². The number of nitrogens with zero attached hydrogens (tertiary/aromatic N) is 2. The summed E-state index contributed by atoms with van der Waals surface area (Å²) in [5, 5.41) is 4.56. The third-order valence-corrected chi connectivity index (χ3v) is 6.89. The lowest BCUT2D eigenvalue weighted by atomic mass is 9.78. The third kappa shape index (κ3) is 2.95. The first kappa shape index (κ1) is 13.8. The van der Waals surface area contributed by atoms with E-state index in [1.165, 1.54) is 11.5 Å². The Balaban J connectivity index is 1.73. The molecule has 0 radical (unpaired) electrons. The Kier molecular flexibility index (Phi) is 4.10. The number of aromatic nitrogens is 2. The van der Waals surface area contributed by atoms with Crippen molar-refractivity contribution >= 4 is 23.5 Å². The Bertz CT molecular complexity index is 423. The second-order valence-electron chi connectivity index (χ2n) is 5.73. The van der Waals surface area contributed by atoms with E-state index in [0.29, 0.717) is 11.1 Å². The van der Waals surface area contributed by atoms with E-state index in [4.69, 9.17) is 10.3 Å². The van der Waals surface area contributed by atoms with Gasteiger partial charge < -0.3 is 10.3 Å². The molecule has 1 aromatic rings. The largest absolute Gasteiger partial charge is 0.337 e. The van der Waals surface area contributed by atoms with Gasteiger partial charge in [-0.1, -0.05) is 12.1 Å². The number of hydrogen-bond donors (Lipinski definition) is 1. The van der Waals surface area contributed by atoms with Crippen molar-refractivity contribution in [2.24, 2.45) is 11.7 Å². The maximum atomic E-state index is 6.48. The summed E-state index contributed by atoms with van der Waals surface area (Å²) in [6.07, 6.45) is 4.23. The minimum Gasteiger partial charge on any atom is -0.337 e. The van der Waals surface area contributed by atoms with E-state index in [2.05, 4.69) is 17.1 Å². The average molecular weight is 299 g/mol. The maximum absolute atomic E-state index is 6.48. The minimum absolute atomic E-state index is 0.377. The van der Waals surface area contributed by atoms with E-state index in [1.807, 2.05) is 23.5 Å². The van der Waals surface area contributed by atoms with Crippen molar-refractivity contribution in [1.29, 1.82) is 0 Å². The van der Waals surface area contributed by atoms with Gasteiger partial charge in [0.05, 0.1) is 10.8 Å². The van der Waals surface area contributed by atoms with Gasteiger partial charge in [0.1, 0.15) is 0 Å². The predicted molar refractivity (Wildman–Crippen MR) is 80.3 cm³/mol. The van der Waals surface area contributed by atoms with Crippen LogP contribution in [0.1, 0.15) is 49.6 Å². The lowest BCUT2D eigenvalue weighted by Gasteiger charge is -2.32. The zero-order valence-corrected chi connectivity index (χ0v) is 12.9. The highest BCUT2D eigenvalue weighted by molar-refractivity contribution is 8.06. The van der Waals surface area contributed by atoms with Crippen molar-refractivity contribution in [2.45, 2.75) is 43.4 Å². The Hall–Kier alpha value is -0.200. The van der Waals surface area contributed by atoms with Crippen LogP contribution in [0.15, 0.2) is 4.52 Å². The molecule has 6 heteroatoms. The molecule has 1 aliphatic carbocycles. The summed E-state index contributed by atoms with van der Waals surface area (Å²) in [6.45, 7) is 2.29. The van der Waals surface area contributed by atoms with E-state index in [0.717, 1.165) is 43.2 Å². The second kappa shape index (κ2) is 5.66. The van der Waals surface area contributed by atoms with E-state index < -0.39 is 0 Å². The summed E-state index contributed by atoms with van der Waals surface area (Å²) in [6, 6.07) is 0. The van der Waals surface area contributed by atoms with E-state index in [-0.39, 0.29) is 5.54 Å². The molecule has 0 aromatic carbocycles. The Morgan fingerprint density at radius 1 is 1.32 bits per heavy atom. The molecule has 106 valence electrons. The molecule has 4 nitrogen and oxygen atoms in total. The fourth-order valence-electron chi connectivity index (χ4n) is 2.70.